The van der Waals surface area contributed by atoms with Gasteiger partial charge in [-0.3, -0.25) is 0 Å². The normalized spacial score (nSPS) is 10.8. The van der Waals surface area contributed by atoms with E-state index in [1.54, 1.807) is 0 Å². The quantitative estimate of drug-likeness (QED) is 0.811. The van der Waals surface area contributed by atoms with E-state index in [1.165, 1.54) is 17.1 Å². The van der Waals surface area contributed by atoms with Gasteiger partial charge in [-0.1, -0.05) is 26.0 Å². The third-order valence-electron chi connectivity index (χ3n) is 2.24. The fourth-order valence-electron chi connectivity index (χ4n) is 1.36. The summed E-state index contributed by atoms with van der Waals surface area (Å²) in [5.74, 6) is 2.07. The van der Waals surface area contributed by atoms with Gasteiger partial charge in [-0.25, -0.2) is 0 Å². The van der Waals surface area contributed by atoms with Crippen LogP contribution in [0.4, 0.5) is 0 Å². The van der Waals surface area contributed by atoms with Crippen LogP contribution in [-0.4, -0.2) is 9.36 Å². The van der Waals surface area contributed by atoms with E-state index in [9.17, 15) is 0 Å². The minimum Gasteiger partial charge on any atom is -0.430 e. The van der Waals surface area contributed by atoms with Crippen LogP contribution in [0.1, 0.15) is 31.2 Å². The lowest BCUT2D eigenvalue weighted by atomic mass is 10.0. The van der Waals surface area contributed by atoms with Crippen LogP contribution < -0.4 is 4.74 Å². The maximum atomic E-state index is 5.63. The zero-order valence-electron chi connectivity index (χ0n) is 9.60. The van der Waals surface area contributed by atoms with E-state index in [0.717, 1.165) is 11.6 Å². The number of aromatic nitrogens is 2. The maximum Gasteiger partial charge on any atom is 0.298 e. The summed E-state index contributed by atoms with van der Waals surface area (Å²) in [6, 6.07) is 8.07. The molecule has 2 rings (SSSR count). The van der Waals surface area contributed by atoms with Gasteiger partial charge in [0, 0.05) is 11.5 Å². The SMILES string of the molecule is Cc1nsc(Oc2cccc(C(C)C)c2)n1. The van der Waals surface area contributed by atoms with Gasteiger partial charge in [0.25, 0.3) is 5.19 Å². The van der Waals surface area contributed by atoms with E-state index in [-0.39, 0.29) is 0 Å². The summed E-state index contributed by atoms with van der Waals surface area (Å²) in [6.07, 6.45) is 0. The third-order valence-corrected chi connectivity index (χ3v) is 2.93. The lowest BCUT2D eigenvalue weighted by Gasteiger charge is -2.07. The number of hydrogen-bond acceptors (Lipinski definition) is 4. The summed E-state index contributed by atoms with van der Waals surface area (Å²) < 4.78 is 9.71. The van der Waals surface area contributed by atoms with Crippen molar-refractivity contribution in [3.05, 3.63) is 35.7 Å². The zero-order chi connectivity index (χ0) is 11.5. The molecule has 4 heteroatoms. The highest BCUT2D eigenvalue weighted by Gasteiger charge is 2.05. The highest BCUT2D eigenvalue weighted by molar-refractivity contribution is 7.07. The molecule has 0 fully saturated rings. The van der Waals surface area contributed by atoms with Crippen LogP contribution in [0.15, 0.2) is 24.3 Å². The van der Waals surface area contributed by atoms with Crippen LogP contribution in [0.2, 0.25) is 0 Å². The Morgan fingerprint density at radius 3 is 2.75 bits per heavy atom. The Morgan fingerprint density at radius 2 is 2.12 bits per heavy atom. The molecule has 0 bridgehead atoms. The van der Waals surface area contributed by atoms with Crippen molar-refractivity contribution in [2.75, 3.05) is 0 Å². The van der Waals surface area contributed by atoms with Gasteiger partial charge in [0.2, 0.25) is 0 Å². The first-order valence-electron chi connectivity index (χ1n) is 5.23. The first kappa shape index (κ1) is 11.1. The molecule has 0 N–H and O–H groups in total. The molecular formula is C12H14N2OS. The van der Waals surface area contributed by atoms with Crippen molar-refractivity contribution in [3.63, 3.8) is 0 Å². The Morgan fingerprint density at radius 1 is 1.31 bits per heavy atom. The summed E-state index contributed by atoms with van der Waals surface area (Å²) >= 11 is 1.28. The topological polar surface area (TPSA) is 35.0 Å². The molecule has 0 spiro atoms. The van der Waals surface area contributed by atoms with E-state index >= 15 is 0 Å². The lowest BCUT2D eigenvalue weighted by molar-refractivity contribution is 0.477. The first-order chi connectivity index (χ1) is 7.65. The van der Waals surface area contributed by atoms with E-state index in [4.69, 9.17) is 4.74 Å². The summed E-state index contributed by atoms with van der Waals surface area (Å²) in [6.45, 7) is 6.18. The molecule has 1 aromatic heterocycles. The number of hydrogen-bond donors (Lipinski definition) is 0. The van der Waals surface area contributed by atoms with Gasteiger partial charge in [-0.2, -0.15) is 9.36 Å². The van der Waals surface area contributed by atoms with Crippen molar-refractivity contribution in [3.8, 4) is 10.9 Å². The molecule has 0 unspecified atom stereocenters. The van der Waals surface area contributed by atoms with E-state index < -0.39 is 0 Å². The molecular weight excluding hydrogens is 220 g/mol. The van der Waals surface area contributed by atoms with E-state index in [1.807, 2.05) is 25.1 Å². The van der Waals surface area contributed by atoms with E-state index in [0.29, 0.717) is 11.1 Å². The Balaban J connectivity index is 2.18. The molecule has 3 nitrogen and oxygen atoms in total. The zero-order valence-corrected chi connectivity index (χ0v) is 10.4. The van der Waals surface area contributed by atoms with Crippen molar-refractivity contribution >= 4 is 11.5 Å². The largest absolute Gasteiger partial charge is 0.430 e. The maximum absolute atomic E-state index is 5.63. The van der Waals surface area contributed by atoms with Gasteiger partial charge in [-0.05, 0) is 30.5 Å². The van der Waals surface area contributed by atoms with Crippen LogP contribution in [0.25, 0.3) is 0 Å². The number of ether oxygens (including phenoxy) is 1. The molecule has 0 radical (unpaired) electrons. The lowest BCUT2D eigenvalue weighted by Crippen LogP contribution is -1.89. The number of benzene rings is 1. The van der Waals surface area contributed by atoms with Gasteiger partial charge >= 0.3 is 0 Å². The predicted molar refractivity (Wildman–Crippen MR) is 65.3 cm³/mol. The van der Waals surface area contributed by atoms with Crippen molar-refractivity contribution < 1.29 is 4.74 Å². The van der Waals surface area contributed by atoms with Gasteiger partial charge in [0.15, 0.2) is 0 Å². The highest BCUT2D eigenvalue weighted by Crippen LogP contribution is 2.25. The molecule has 0 saturated heterocycles. The second-order valence-corrected chi connectivity index (χ2v) is 4.65. The second kappa shape index (κ2) is 4.61. The monoisotopic (exact) mass is 234 g/mol. The Hall–Kier alpha value is -1.42. The fraction of sp³-hybridized carbons (Fsp3) is 0.333. The molecule has 1 heterocycles. The van der Waals surface area contributed by atoms with Crippen LogP contribution in [0.5, 0.6) is 10.9 Å². The molecule has 0 aliphatic heterocycles. The minimum atomic E-state index is 0.500. The fourth-order valence-corrected chi connectivity index (χ4v) is 1.91. The van der Waals surface area contributed by atoms with Crippen molar-refractivity contribution in [1.82, 2.24) is 9.36 Å². The third kappa shape index (κ3) is 2.58. The summed E-state index contributed by atoms with van der Waals surface area (Å²) in [5.41, 5.74) is 1.26. The van der Waals surface area contributed by atoms with Gasteiger partial charge in [0.05, 0.1) is 0 Å². The first-order valence-corrected chi connectivity index (χ1v) is 6.00. The summed E-state index contributed by atoms with van der Waals surface area (Å²) in [7, 11) is 0. The molecule has 84 valence electrons. The average molecular weight is 234 g/mol. The Kier molecular flexibility index (Phi) is 3.19. The van der Waals surface area contributed by atoms with Gasteiger partial charge < -0.3 is 4.74 Å². The van der Waals surface area contributed by atoms with Crippen LogP contribution >= 0.6 is 11.5 Å². The molecule has 0 atom stereocenters. The smallest absolute Gasteiger partial charge is 0.298 e. The molecule has 0 amide bonds. The Labute approximate surface area is 99.3 Å². The molecule has 1 aromatic carbocycles. The number of rotatable bonds is 3. The summed E-state index contributed by atoms with van der Waals surface area (Å²) in [5, 5.41) is 0.596. The number of aryl methyl sites for hydroxylation is 1. The standard InChI is InChI=1S/C12H14N2OS/c1-8(2)10-5-4-6-11(7-10)15-12-13-9(3)14-16-12/h4-8H,1-3H3. The van der Waals surface area contributed by atoms with Crippen molar-refractivity contribution in [2.24, 2.45) is 0 Å². The highest BCUT2D eigenvalue weighted by atomic mass is 32.1. The number of nitrogens with zero attached hydrogens (tertiary/aromatic N) is 2. The molecule has 0 saturated carbocycles. The van der Waals surface area contributed by atoms with Crippen molar-refractivity contribution in [1.29, 1.82) is 0 Å². The molecule has 16 heavy (non-hydrogen) atoms. The van der Waals surface area contributed by atoms with Gasteiger partial charge in [-0.15, -0.1) is 0 Å². The predicted octanol–water partition coefficient (Wildman–Crippen LogP) is 3.76. The summed E-state index contributed by atoms with van der Waals surface area (Å²) in [4.78, 5) is 4.17. The second-order valence-electron chi connectivity index (χ2n) is 3.94. The van der Waals surface area contributed by atoms with Crippen molar-refractivity contribution in [2.45, 2.75) is 26.7 Å². The Bertz CT molecular complexity index is 479. The molecule has 0 aliphatic rings. The van der Waals surface area contributed by atoms with Gasteiger partial charge in [0.1, 0.15) is 11.6 Å². The van der Waals surface area contributed by atoms with Crippen LogP contribution in [0, 0.1) is 6.92 Å². The average Bonchev–Trinajstić information content (AvgIpc) is 2.64. The van der Waals surface area contributed by atoms with Crippen LogP contribution in [0.3, 0.4) is 0 Å². The van der Waals surface area contributed by atoms with E-state index in [2.05, 4.69) is 29.3 Å². The minimum absolute atomic E-state index is 0.500. The molecule has 2 aromatic rings. The molecule has 0 aliphatic carbocycles. The van der Waals surface area contributed by atoms with Crippen LogP contribution in [-0.2, 0) is 0 Å².